The van der Waals surface area contributed by atoms with Crippen LogP contribution in [0.1, 0.15) is 5.69 Å². The van der Waals surface area contributed by atoms with E-state index in [1.165, 1.54) is 16.8 Å². The zero-order chi connectivity index (χ0) is 8.39. The van der Waals surface area contributed by atoms with Crippen LogP contribution >= 0.6 is 0 Å². The summed E-state index contributed by atoms with van der Waals surface area (Å²) in [5, 5.41) is 0. The summed E-state index contributed by atoms with van der Waals surface area (Å²) in [7, 11) is 0. The Kier molecular flexibility index (Phi) is 1.67. The van der Waals surface area contributed by atoms with E-state index < -0.39 is 0 Å². The van der Waals surface area contributed by atoms with Gasteiger partial charge in [-0.25, -0.2) is 0 Å². The molecule has 2 aromatic rings. The second kappa shape index (κ2) is 2.81. The van der Waals surface area contributed by atoms with Gasteiger partial charge in [0.05, 0.1) is 0 Å². The maximum absolute atomic E-state index is 3.97. The van der Waals surface area contributed by atoms with Crippen LogP contribution in [0.5, 0.6) is 0 Å². The third-order valence-electron chi connectivity index (χ3n) is 1.84. The van der Waals surface area contributed by atoms with Crippen molar-refractivity contribution in [2.24, 2.45) is 0 Å². The first-order chi connectivity index (χ1) is 5.86. The van der Waals surface area contributed by atoms with Gasteiger partial charge in [0.25, 0.3) is 0 Å². The number of nitrogens with zero attached hydrogens (tertiary/aromatic N) is 1. The fourth-order valence-electron chi connectivity index (χ4n) is 1.22. The molecule has 60 valence electrons. The lowest BCUT2D eigenvalue weighted by atomic mass is 10.1. The molecule has 0 aliphatic heterocycles. The van der Waals surface area contributed by atoms with E-state index >= 15 is 0 Å². The van der Waals surface area contributed by atoms with Crippen molar-refractivity contribution in [3.8, 4) is 11.1 Å². The van der Waals surface area contributed by atoms with Crippen LogP contribution in [0.4, 0.5) is 0 Å². The average Bonchev–Trinajstić information content (AvgIpc) is 2.54. The summed E-state index contributed by atoms with van der Waals surface area (Å²) >= 11 is 0. The summed E-state index contributed by atoms with van der Waals surface area (Å²) in [5.41, 5.74) is 3.60. The molecule has 0 saturated carbocycles. The highest BCUT2D eigenvalue weighted by Crippen LogP contribution is 2.18. The van der Waals surface area contributed by atoms with Crippen LogP contribution < -0.4 is 0 Å². The third-order valence-corrected chi connectivity index (χ3v) is 1.84. The number of H-pyrrole nitrogens is 1. The first-order valence-corrected chi connectivity index (χ1v) is 3.92. The number of aromatic nitrogens is 2. The Morgan fingerprint density at radius 2 is 1.92 bits per heavy atom. The van der Waals surface area contributed by atoms with Crippen molar-refractivity contribution in [3.05, 3.63) is 42.5 Å². The van der Waals surface area contributed by atoms with Gasteiger partial charge in [-0.3, -0.25) is 4.98 Å². The number of hydrogen-bond acceptors (Lipinski definition) is 1. The van der Waals surface area contributed by atoms with Gasteiger partial charge < -0.3 is 4.98 Å². The Morgan fingerprint density at radius 1 is 1.17 bits per heavy atom. The monoisotopic (exact) mass is 158 g/mol. The molecule has 2 heteroatoms. The molecule has 2 rings (SSSR count). The quantitative estimate of drug-likeness (QED) is 0.678. The first kappa shape index (κ1) is 7.10. The Bertz CT molecular complexity index is 362. The minimum absolute atomic E-state index is 1.18. The first-order valence-electron chi connectivity index (χ1n) is 3.92. The summed E-state index contributed by atoms with van der Waals surface area (Å²) in [4.78, 5) is 7.11. The fourth-order valence-corrected chi connectivity index (χ4v) is 1.22. The van der Waals surface area contributed by atoms with E-state index in [1.807, 2.05) is 25.3 Å². The second-order valence-electron chi connectivity index (χ2n) is 2.81. The van der Waals surface area contributed by atoms with Gasteiger partial charge in [-0.2, -0.15) is 0 Å². The van der Waals surface area contributed by atoms with Crippen molar-refractivity contribution in [1.82, 2.24) is 9.97 Å². The molecule has 0 spiro atoms. The minimum Gasteiger partial charge on any atom is -0.365 e. The van der Waals surface area contributed by atoms with Gasteiger partial charge in [-0.15, -0.1) is 0 Å². The molecule has 0 bridgehead atoms. The van der Waals surface area contributed by atoms with Crippen molar-refractivity contribution in [3.63, 3.8) is 0 Å². The van der Waals surface area contributed by atoms with Gasteiger partial charge in [0, 0.05) is 24.3 Å². The lowest BCUT2D eigenvalue weighted by molar-refractivity contribution is 1.27. The van der Waals surface area contributed by atoms with E-state index in [0.29, 0.717) is 0 Å². The predicted molar refractivity (Wildman–Crippen MR) is 48.8 cm³/mol. The van der Waals surface area contributed by atoms with Gasteiger partial charge in [-0.05, 0) is 36.2 Å². The third kappa shape index (κ3) is 1.23. The molecule has 0 unspecified atom stereocenters. The number of hydrogen-bond donors (Lipinski definition) is 1. The van der Waals surface area contributed by atoms with Crippen molar-refractivity contribution in [2.75, 3.05) is 0 Å². The zero-order valence-electron chi connectivity index (χ0n) is 6.91. The highest BCUT2D eigenvalue weighted by molar-refractivity contribution is 5.62. The number of aromatic amines is 1. The van der Waals surface area contributed by atoms with Gasteiger partial charge in [0.15, 0.2) is 0 Å². The molecule has 0 saturated heterocycles. The van der Waals surface area contributed by atoms with Crippen LogP contribution in [0.25, 0.3) is 11.1 Å². The van der Waals surface area contributed by atoms with Gasteiger partial charge >= 0.3 is 0 Å². The standard InChI is InChI=1S/C10H10N2/c1-8-6-10(7-12-8)9-2-4-11-5-3-9/h2-7,12H,1H3. The van der Waals surface area contributed by atoms with Crippen molar-refractivity contribution in [1.29, 1.82) is 0 Å². The largest absolute Gasteiger partial charge is 0.365 e. The second-order valence-corrected chi connectivity index (χ2v) is 2.81. The number of rotatable bonds is 1. The Balaban J connectivity index is 2.45. The van der Waals surface area contributed by atoms with E-state index in [0.717, 1.165) is 0 Å². The summed E-state index contributed by atoms with van der Waals surface area (Å²) in [6.07, 6.45) is 5.61. The van der Waals surface area contributed by atoms with E-state index in [2.05, 4.69) is 16.0 Å². The molecule has 0 atom stereocenters. The SMILES string of the molecule is Cc1cc(-c2ccncc2)c[nH]1. The van der Waals surface area contributed by atoms with Crippen molar-refractivity contribution in [2.45, 2.75) is 6.92 Å². The highest BCUT2D eigenvalue weighted by atomic mass is 14.7. The molecule has 0 radical (unpaired) electrons. The molecule has 0 aliphatic carbocycles. The zero-order valence-corrected chi connectivity index (χ0v) is 6.91. The van der Waals surface area contributed by atoms with Gasteiger partial charge in [0.1, 0.15) is 0 Å². The molecule has 0 fully saturated rings. The van der Waals surface area contributed by atoms with Crippen LogP contribution in [0.3, 0.4) is 0 Å². The Morgan fingerprint density at radius 3 is 2.50 bits per heavy atom. The molecule has 0 amide bonds. The molecule has 1 N–H and O–H groups in total. The molecule has 12 heavy (non-hydrogen) atoms. The normalized spacial score (nSPS) is 10.1. The van der Waals surface area contributed by atoms with Crippen LogP contribution in [-0.4, -0.2) is 9.97 Å². The average molecular weight is 158 g/mol. The van der Waals surface area contributed by atoms with Gasteiger partial charge in [0.2, 0.25) is 0 Å². The maximum Gasteiger partial charge on any atom is 0.0273 e. The van der Waals surface area contributed by atoms with Gasteiger partial charge in [-0.1, -0.05) is 0 Å². The predicted octanol–water partition coefficient (Wildman–Crippen LogP) is 2.39. The number of pyridine rings is 1. The summed E-state index contributed by atoms with van der Waals surface area (Å²) in [5.74, 6) is 0. The smallest absolute Gasteiger partial charge is 0.0273 e. The lowest BCUT2D eigenvalue weighted by Gasteiger charge is -1.93. The summed E-state index contributed by atoms with van der Waals surface area (Å²) in [6.45, 7) is 2.05. The molecular weight excluding hydrogens is 148 g/mol. The number of aryl methyl sites for hydroxylation is 1. The molecular formula is C10H10N2. The molecule has 2 heterocycles. The molecule has 2 nitrogen and oxygen atoms in total. The van der Waals surface area contributed by atoms with Crippen LogP contribution in [0, 0.1) is 6.92 Å². The fraction of sp³-hybridized carbons (Fsp3) is 0.100. The van der Waals surface area contributed by atoms with Crippen LogP contribution in [-0.2, 0) is 0 Å². The van der Waals surface area contributed by atoms with Crippen LogP contribution in [0.15, 0.2) is 36.8 Å². The Hall–Kier alpha value is -1.57. The molecule has 0 aliphatic rings. The van der Waals surface area contributed by atoms with E-state index in [9.17, 15) is 0 Å². The molecule has 2 aromatic heterocycles. The summed E-state index contributed by atoms with van der Waals surface area (Å²) < 4.78 is 0. The minimum atomic E-state index is 1.18. The van der Waals surface area contributed by atoms with Crippen molar-refractivity contribution < 1.29 is 0 Å². The maximum atomic E-state index is 3.97. The van der Waals surface area contributed by atoms with E-state index in [4.69, 9.17) is 0 Å². The molecule has 0 aromatic carbocycles. The number of nitrogens with one attached hydrogen (secondary N) is 1. The highest BCUT2D eigenvalue weighted by Gasteiger charge is 1.96. The van der Waals surface area contributed by atoms with E-state index in [1.54, 1.807) is 12.4 Å². The van der Waals surface area contributed by atoms with E-state index in [-0.39, 0.29) is 0 Å². The Labute approximate surface area is 71.3 Å². The lowest BCUT2D eigenvalue weighted by Crippen LogP contribution is -1.73. The van der Waals surface area contributed by atoms with Crippen molar-refractivity contribution >= 4 is 0 Å². The van der Waals surface area contributed by atoms with Crippen LogP contribution in [0.2, 0.25) is 0 Å². The summed E-state index contributed by atoms with van der Waals surface area (Å²) in [6, 6.07) is 6.13. The topological polar surface area (TPSA) is 28.7 Å².